The van der Waals surface area contributed by atoms with Crippen molar-refractivity contribution >= 4 is 36.2 Å². The van der Waals surface area contributed by atoms with Crippen molar-refractivity contribution in [2.75, 3.05) is 56.4 Å². The van der Waals surface area contributed by atoms with Crippen molar-refractivity contribution in [3.05, 3.63) is 376 Å². The largest absolute Gasteiger partial charge is 0.508 e. The molecule has 0 spiro atoms. The molecule has 670 valence electrons. The molecule has 19 nitrogen and oxygen atoms in total. The van der Waals surface area contributed by atoms with Crippen molar-refractivity contribution in [2.24, 2.45) is 11.5 Å². The van der Waals surface area contributed by atoms with E-state index in [1.807, 2.05) is 146 Å². The second kappa shape index (κ2) is 56.9. The number of rotatable bonds is 30. The summed E-state index contributed by atoms with van der Waals surface area (Å²) >= 11 is 0. The maximum Gasteiger partial charge on any atom is 0.294 e. The third-order valence-electron chi connectivity index (χ3n) is 17.7. The molecule has 0 aromatic heterocycles. The molecule has 0 aliphatic heterocycles. The summed E-state index contributed by atoms with van der Waals surface area (Å²) in [6.45, 7) is 9.94. The first kappa shape index (κ1) is 104. The summed E-state index contributed by atoms with van der Waals surface area (Å²) in [5.74, 6) is 2.92. The molecule has 7 N–H and O–H groups in total. The van der Waals surface area contributed by atoms with Gasteiger partial charge in [-0.15, -0.1) is 0 Å². The molecule has 0 aliphatic carbocycles. The van der Waals surface area contributed by atoms with Crippen LogP contribution in [0.1, 0.15) is 105 Å². The number of para-hydroxylation sites is 4. The molecule has 0 unspecified atom stereocenters. The molecule has 12 aromatic carbocycles. The maximum absolute atomic E-state index is 13.1. The van der Waals surface area contributed by atoms with Gasteiger partial charge in [-0.05, 0) is 280 Å². The van der Waals surface area contributed by atoms with Gasteiger partial charge in [-0.1, -0.05) is 132 Å². The molecule has 2 atom stereocenters. The number of nitrogens with zero attached hydrogens (tertiary/aromatic N) is 4. The van der Waals surface area contributed by atoms with Gasteiger partial charge in [0.15, 0.2) is 12.5 Å². The number of aromatic hydroxyl groups is 1. The molecule has 0 radical (unpaired) electrons. The number of phenolic OH excluding ortho intramolecular Hbond substituents is 1. The minimum atomic E-state index is -0.541. The molecule has 0 bridgehead atoms. The van der Waals surface area contributed by atoms with Gasteiger partial charge in [0, 0.05) is 76.7 Å². The highest BCUT2D eigenvalue weighted by atomic mass is 18.2. The molecule has 25 heteroatoms. The first-order valence-electron chi connectivity index (χ1n) is 40.6. The molecular formula is C102H114F6N8O11. The Bertz CT molecular complexity index is 5000. The SMILES string of the molecule is CC(=N)CCCc1cc(O)ccc1[18F].CC(=N)CCCc1ccc([18F])cc1.CN(C)C(=O)c1ccccc1Oc1ccc([18F])cc1.CN(C)C(=O)c1ccccc1Oc1ccc([18F])cc1.CN(C)Cc1ccccc1Oc1ccc([18F])cc1.CN(C)Cc1ccccc1Oc1ccc([18F])cc1.Cc1ccc(C[C@@H](N)OC=O)cc1.Cc1ccc(C[C@@H](N)OC=O)cc1. The highest BCUT2D eigenvalue weighted by Crippen LogP contribution is 2.31. The highest BCUT2D eigenvalue weighted by molar-refractivity contribution is 5.97. The second-order valence-corrected chi connectivity index (χ2v) is 29.9. The molecule has 2 amide bonds. The number of benzene rings is 12. The van der Waals surface area contributed by atoms with E-state index in [1.165, 1.54) is 124 Å². The Morgan fingerprint density at radius 3 is 0.984 bits per heavy atom. The van der Waals surface area contributed by atoms with E-state index < -0.39 is 12.5 Å². The summed E-state index contributed by atoms with van der Waals surface area (Å²) in [6.07, 6.45) is 4.74. The Hall–Kier alpha value is -13.7. The van der Waals surface area contributed by atoms with E-state index >= 15 is 0 Å². The number of carbonyl (C=O) groups excluding carboxylic acids is 4. The van der Waals surface area contributed by atoms with E-state index in [4.69, 9.17) is 46.3 Å². The van der Waals surface area contributed by atoms with Gasteiger partial charge in [0.1, 0.15) is 86.6 Å². The normalized spacial score (nSPS) is 10.7. The average Bonchev–Trinajstić information content (AvgIpc) is 0.819. The fraction of sp³-hybridized carbons (Fsp3) is 0.235. The third kappa shape index (κ3) is 42.5. The van der Waals surface area contributed by atoms with Crippen molar-refractivity contribution in [3.8, 4) is 51.7 Å². The van der Waals surface area contributed by atoms with Crippen LogP contribution in [0.3, 0.4) is 0 Å². The summed E-state index contributed by atoms with van der Waals surface area (Å²) in [4.78, 5) is 51.0. The molecule has 0 heterocycles. The fourth-order valence-corrected chi connectivity index (χ4v) is 11.3. The first-order chi connectivity index (χ1) is 60.7. The highest BCUT2D eigenvalue weighted by Gasteiger charge is 2.17. The van der Waals surface area contributed by atoms with Crippen molar-refractivity contribution in [1.29, 1.82) is 10.8 Å². The van der Waals surface area contributed by atoms with Gasteiger partial charge in [0.2, 0.25) is 0 Å². The van der Waals surface area contributed by atoms with E-state index in [0.29, 0.717) is 101 Å². The van der Waals surface area contributed by atoms with E-state index in [9.17, 15) is 45.5 Å². The van der Waals surface area contributed by atoms with Crippen LogP contribution in [0, 0.1) is 59.6 Å². The minimum Gasteiger partial charge on any atom is -0.508 e. The number of amides is 2. The molecule has 0 saturated carbocycles. The van der Waals surface area contributed by atoms with E-state index in [0.717, 1.165) is 78.1 Å². The number of nitrogens with two attached hydrogens (primary N) is 2. The lowest BCUT2D eigenvalue weighted by atomic mass is 10.1. The first-order valence-corrected chi connectivity index (χ1v) is 40.6. The second-order valence-electron chi connectivity index (χ2n) is 29.9. The number of ether oxygens (including phenoxy) is 6. The molecular weight excluding hydrogens is 1620 g/mol. The van der Waals surface area contributed by atoms with Crippen LogP contribution in [0.25, 0.3) is 0 Å². The quantitative estimate of drug-likeness (QED) is 0.0121. The van der Waals surface area contributed by atoms with Crippen LogP contribution in [-0.2, 0) is 57.8 Å². The number of hydrogen-bond acceptors (Lipinski definition) is 17. The average molecular weight is 1740 g/mol. The van der Waals surface area contributed by atoms with Crippen LogP contribution in [-0.4, -0.2) is 130 Å². The van der Waals surface area contributed by atoms with Crippen molar-refractivity contribution < 1.29 is 79.0 Å². The molecule has 0 aliphatic rings. The van der Waals surface area contributed by atoms with Crippen molar-refractivity contribution in [3.63, 3.8) is 0 Å². The summed E-state index contributed by atoms with van der Waals surface area (Å²) < 4.78 is 109. The summed E-state index contributed by atoms with van der Waals surface area (Å²) in [5, 5.41) is 23.6. The summed E-state index contributed by atoms with van der Waals surface area (Å²) in [7, 11) is 14.7. The van der Waals surface area contributed by atoms with Gasteiger partial charge in [0.05, 0.1) is 11.1 Å². The molecule has 0 saturated heterocycles. The predicted molar refractivity (Wildman–Crippen MR) is 490 cm³/mol. The van der Waals surface area contributed by atoms with Gasteiger partial charge in [-0.3, -0.25) is 30.6 Å². The number of halogens is 6. The zero-order chi connectivity index (χ0) is 93.2. The molecule has 12 rings (SSSR count). The summed E-state index contributed by atoms with van der Waals surface area (Å²) in [5.41, 5.74) is 21.7. The fourth-order valence-electron chi connectivity index (χ4n) is 11.3. The van der Waals surface area contributed by atoms with Gasteiger partial charge >= 0.3 is 0 Å². The van der Waals surface area contributed by atoms with Crippen LogP contribution < -0.4 is 30.4 Å². The smallest absolute Gasteiger partial charge is 0.294 e. The van der Waals surface area contributed by atoms with Crippen molar-refractivity contribution in [1.82, 2.24) is 19.6 Å². The van der Waals surface area contributed by atoms with E-state index in [1.54, 1.807) is 120 Å². The molecule has 12 aromatic rings. The van der Waals surface area contributed by atoms with Crippen LogP contribution in [0.15, 0.2) is 285 Å². The topological polar surface area (TPSA) is 257 Å². The number of phenols is 1. The Morgan fingerprint density at radius 1 is 0.378 bits per heavy atom. The van der Waals surface area contributed by atoms with Crippen LogP contribution >= 0.6 is 0 Å². The van der Waals surface area contributed by atoms with Crippen molar-refractivity contribution in [2.45, 2.75) is 105 Å². The predicted octanol–water partition coefficient (Wildman–Crippen LogP) is 22.1. The number of carbonyl (C=O) groups is 4. The van der Waals surface area contributed by atoms with Crippen LogP contribution in [0.4, 0.5) is 26.3 Å². The van der Waals surface area contributed by atoms with Crippen LogP contribution in [0.2, 0.25) is 0 Å². The zero-order valence-corrected chi connectivity index (χ0v) is 73.8. The Morgan fingerprint density at radius 2 is 0.669 bits per heavy atom. The van der Waals surface area contributed by atoms with Gasteiger partial charge < -0.3 is 63.9 Å². The standard InChI is InChI=1S/2C15H14FNO2.2C15H16FNO.C11H14FNO.C11H14FN.2C10H13NO2/c2*1-17(2)15(18)13-5-3-4-6-14(13)19-12-9-7-11(16)8-10-12;2*1-17(2)11-12-5-3-4-6-15(12)18-14-9-7-13(16)8-10-14;1-8(13)3-2-4-9-7-10(14)5-6-11(9)12;1-9(13)3-2-4-10-5-7-11(12)8-6-10;2*1-8-2-4-9(5-3-8)6-10(11)13-7-12/h2*3-10H,1-2H3;2*3-10H,11H2,1-2H3;5-7,13-14H,2-4H2,1H3;5-8,13H,2-4H2,1H3;2*2-5,7,10H,6,11H2,1H3/t;;;;;;2*10-/m......00/s1/i4*16-1;2*12-1;;. The van der Waals surface area contributed by atoms with E-state index in [2.05, 4.69) is 19.3 Å². The Labute approximate surface area is 741 Å². The molecule has 127 heavy (non-hydrogen) atoms. The lowest BCUT2D eigenvalue weighted by Gasteiger charge is -2.14. The van der Waals surface area contributed by atoms with E-state index in [-0.39, 0.29) is 52.5 Å². The van der Waals surface area contributed by atoms with Gasteiger partial charge in [0.25, 0.3) is 24.8 Å². The van der Waals surface area contributed by atoms with Crippen LogP contribution in [0.5, 0.6) is 51.7 Å². The third-order valence-corrected chi connectivity index (χ3v) is 17.7. The molecule has 0 fully saturated rings. The monoisotopic (exact) mass is 1730 g/mol. The lowest BCUT2D eigenvalue weighted by Crippen LogP contribution is -2.25. The lowest BCUT2D eigenvalue weighted by molar-refractivity contribution is -0.134. The Kier molecular flexibility index (Phi) is 46.5. The van der Waals surface area contributed by atoms with Gasteiger partial charge in [-0.2, -0.15) is 0 Å². The summed E-state index contributed by atoms with van der Waals surface area (Å²) in [6, 6.07) is 79.5. The number of nitrogens with one attached hydrogen (secondary N) is 2. The zero-order valence-electron chi connectivity index (χ0n) is 73.8. The number of aryl methyl sites for hydroxylation is 4. The maximum atomic E-state index is 13.1. The minimum absolute atomic E-state index is 0.0907. The number of hydrogen-bond donors (Lipinski definition) is 5. The van der Waals surface area contributed by atoms with Gasteiger partial charge in [-0.25, -0.2) is 26.3 Å². The Balaban J connectivity index is 0.000000259.